The SMILES string of the molecule is Cc1ccc(OC(C)C(=O)Nc2ccc(F)cc2F)c(C)c1. The van der Waals surface area contributed by atoms with Gasteiger partial charge in [0.05, 0.1) is 5.69 Å². The lowest BCUT2D eigenvalue weighted by atomic mass is 10.1. The van der Waals surface area contributed by atoms with E-state index in [9.17, 15) is 13.6 Å². The topological polar surface area (TPSA) is 38.3 Å². The number of aryl methyl sites for hydroxylation is 2. The number of hydrogen-bond donors (Lipinski definition) is 1. The van der Waals surface area contributed by atoms with Crippen LogP contribution in [0.1, 0.15) is 18.1 Å². The summed E-state index contributed by atoms with van der Waals surface area (Å²) in [5.41, 5.74) is 1.92. The van der Waals surface area contributed by atoms with Gasteiger partial charge >= 0.3 is 0 Å². The van der Waals surface area contributed by atoms with Crippen molar-refractivity contribution in [1.82, 2.24) is 0 Å². The summed E-state index contributed by atoms with van der Waals surface area (Å²) in [6.07, 6.45) is -0.814. The van der Waals surface area contributed by atoms with Crippen LogP contribution in [0.2, 0.25) is 0 Å². The first-order valence-electron chi connectivity index (χ1n) is 6.86. The molecule has 0 bridgehead atoms. The Morgan fingerprint density at radius 1 is 1.14 bits per heavy atom. The van der Waals surface area contributed by atoms with Gasteiger partial charge in [0.15, 0.2) is 6.10 Å². The Morgan fingerprint density at radius 3 is 2.50 bits per heavy atom. The summed E-state index contributed by atoms with van der Waals surface area (Å²) in [5, 5.41) is 2.38. The van der Waals surface area contributed by atoms with E-state index in [0.717, 1.165) is 17.2 Å². The van der Waals surface area contributed by atoms with Crippen molar-refractivity contribution in [1.29, 1.82) is 0 Å². The zero-order valence-electron chi connectivity index (χ0n) is 12.6. The Kier molecular flexibility index (Phi) is 4.75. The molecule has 0 radical (unpaired) electrons. The van der Waals surface area contributed by atoms with Gasteiger partial charge in [-0.3, -0.25) is 4.79 Å². The molecule has 0 aromatic heterocycles. The molecular formula is C17H17F2NO2. The van der Waals surface area contributed by atoms with E-state index in [2.05, 4.69) is 5.32 Å². The maximum absolute atomic E-state index is 13.5. The summed E-state index contributed by atoms with van der Waals surface area (Å²) >= 11 is 0. The second-order valence-corrected chi connectivity index (χ2v) is 5.14. The van der Waals surface area contributed by atoms with Crippen LogP contribution < -0.4 is 10.1 Å². The maximum atomic E-state index is 13.5. The lowest BCUT2D eigenvalue weighted by molar-refractivity contribution is -0.122. The minimum atomic E-state index is -0.827. The molecule has 0 aliphatic rings. The quantitative estimate of drug-likeness (QED) is 0.927. The molecule has 3 nitrogen and oxygen atoms in total. The van der Waals surface area contributed by atoms with Crippen molar-refractivity contribution in [3.05, 3.63) is 59.2 Å². The summed E-state index contributed by atoms with van der Waals surface area (Å²) < 4.78 is 31.9. The molecule has 116 valence electrons. The predicted octanol–water partition coefficient (Wildman–Crippen LogP) is 3.99. The highest BCUT2D eigenvalue weighted by Crippen LogP contribution is 2.21. The highest BCUT2D eigenvalue weighted by molar-refractivity contribution is 5.94. The van der Waals surface area contributed by atoms with Crippen LogP contribution in [0.25, 0.3) is 0 Å². The summed E-state index contributed by atoms with van der Waals surface area (Å²) in [5.74, 6) is -1.44. The number of rotatable bonds is 4. The molecule has 2 rings (SSSR count). The summed E-state index contributed by atoms with van der Waals surface area (Å²) in [6.45, 7) is 5.41. The lowest BCUT2D eigenvalue weighted by Gasteiger charge is -2.16. The number of benzene rings is 2. The summed E-state index contributed by atoms with van der Waals surface area (Å²) in [4.78, 5) is 12.0. The van der Waals surface area contributed by atoms with Gasteiger partial charge in [-0.25, -0.2) is 8.78 Å². The van der Waals surface area contributed by atoms with E-state index < -0.39 is 23.6 Å². The van der Waals surface area contributed by atoms with E-state index in [4.69, 9.17) is 4.74 Å². The van der Waals surface area contributed by atoms with Crippen LogP contribution in [0.15, 0.2) is 36.4 Å². The fraction of sp³-hybridized carbons (Fsp3) is 0.235. The predicted molar refractivity (Wildman–Crippen MR) is 81.0 cm³/mol. The van der Waals surface area contributed by atoms with Gasteiger partial charge in [-0.15, -0.1) is 0 Å². The zero-order valence-corrected chi connectivity index (χ0v) is 12.6. The molecule has 22 heavy (non-hydrogen) atoms. The number of amides is 1. The van der Waals surface area contributed by atoms with Gasteiger partial charge in [0.25, 0.3) is 5.91 Å². The molecule has 1 atom stereocenters. The van der Waals surface area contributed by atoms with Crippen LogP contribution in [-0.4, -0.2) is 12.0 Å². The molecule has 1 amide bonds. The molecule has 1 N–H and O–H groups in total. The number of anilines is 1. The number of ether oxygens (including phenoxy) is 1. The monoisotopic (exact) mass is 305 g/mol. The molecule has 0 aliphatic carbocycles. The van der Waals surface area contributed by atoms with E-state index in [-0.39, 0.29) is 5.69 Å². The summed E-state index contributed by atoms with van der Waals surface area (Å²) in [6, 6.07) is 8.57. The third-order valence-corrected chi connectivity index (χ3v) is 3.19. The van der Waals surface area contributed by atoms with Gasteiger partial charge in [0.2, 0.25) is 0 Å². The van der Waals surface area contributed by atoms with E-state index in [1.165, 1.54) is 6.07 Å². The zero-order chi connectivity index (χ0) is 16.3. The lowest BCUT2D eigenvalue weighted by Crippen LogP contribution is -2.30. The fourth-order valence-corrected chi connectivity index (χ4v) is 2.00. The Hall–Kier alpha value is -2.43. The number of carbonyl (C=O) groups excluding carboxylic acids is 1. The molecule has 0 fully saturated rings. The van der Waals surface area contributed by atoms with Crippen molar-refractivity contribution < 1.29 is 18.3 Å². The Bertz CT molecular complexity index is 701. The largest absolute Gasteiger partial charge is 0.481 e. The molecule has 2 aromatic rings. The molecule has 5 heteroatoms. The van der Waals surface area contributed by atoms with Gasteiger partial charge in [-0.05, 0) is 44.5 Å². The number of nitrogens with one attached hydrogen (secondary N) is 1. The molecule has 1 unspecified atom stereocenters. The molecule has 0 aliphatic heterocycles. The Balaban J connectivity index is 2.05. The van der Waals surface area contributed by atoms with Gasteiger partial charge in [0.1, 0.15) is 17.4 Å². The smallest absolute Gasteiger partial charge is 0.265 e. The van der Waals surface area contributed by atoms with Gasteiger partial charge in [0, 0.05) is 6.07 Å². The van der Waals surface area contributed by atoms with Crippen molar-refractivity contribution in [3.8, 4) is 5.75 Å². The van der Waals surface area contributed by atoms with Crippen molar-refractivity contribution >= 4 is 11.6 Å². The van der Waals surface area contributed by atoms with E-state index in [1.54, 1.807) is 13.0 Å². The van der Waals surface area contributed by atoms with Crippen molar-refractivity contribution in [2.75, 3.05) is 5.32 Å². The van der Waals surface area contributed by atoms with Crippen LogP contribution in [0.5, 0.6) is 5.75 Å². The van der Waals surface area contributed by atoms with Crippen LogP contribution in [0, 0.1) is 25.5 Å². The molecule has 2 aromatic carbocycles. The second-order valence-electron chi connectivity index (χ2n) is 5.14. The van der Waals surface area contributed by atoms with Crippen molar-refractivity contribution in [2.24, 2.45) is 0 Å². The first kappa shape index (κ1) is 15.9. The number of carbonyl (C=O) groups is 1. The van der Waals surface area contributed by atoms with Crippen LogP contribution in [0.3, 0.4) is 0 Å². The molecule has 0 saturated heterocycles. The minimum absolute atomic E-state index is 0.0810. The van der Waals surface area contributed by atoms with Gasteiger partial charge < -0.3 is 10.1 Å². The number of halogens is 2. The standard InChI is InChI=1S/C17H17F2NO2/c1-10-4-7-16(11(2)8-10)22-12(3)17(21)20-15-6-5-13(18)9-14(15)19/h4-9,12H,1-3H3,(H,20,21). The fourth-order valence-electron chi connectivity index (χ4n) is 2.00. The van der Waals surface area contributed by atoms with E-state index >= 15 is 0 Å². The van der Waals surface area contributed by atoms with E-state index in [0.29, 0.717) is 11.8 Å². The van der Waals surface area contributed by atoms with Crippen LogP contribution >= 0.6 is 0 Å². The highest BCUT2D eigenvalue weighted by Gasteiger charge is 2.17. The van der Waals surface area contributed by atoms with Crippen LogP contribution in [-0.2, 0) is 4.79 Å². The first-order valence-corrected chi connectivity index (χ1v) is 6.86. The molecule has 0 saturated carbocycles. The maximum Gasteiger partial charge on any atom is 0.265 e. The average molecular weight is 305 g/mol. The first-order chi connectivity index (χ1) is 10.4. The third kappa shape index (κ3) is 3.81. The Morgan fingerprint density at radius 2 is 1.86 bits per heavy atom. The number of hydrogen-bond acceptors (Lipinski definition) is 2. The minimum Gasteiger partial charge on any atom is -0.481 e. The average Bonchev–Trinajstić information content (AvgIpc) is 2.44. The van der Waals surface area contributed by atoms with Crippen molar-refractivity contribution in [3.63, 3.8) is 0 Å². The van der Waals surface area contributed by atoms with E-state index in [1.807, 2.05) is 26.0 Å². The summed E-state index contributed by atoms with van der Waals surface area (Å²) in [7, 11) is 0. The second kappa shape index (κ2) is 6.56. The molecular weight excluding hydrogens is 288 g/mol. The van der Waals surface area contributed by atoms with Crippen LogP contribution in [0.4, 0.5) is 14.5 Å². The van der Waals surface area contributed by atoms with Gasteiger partial charge in [-0.2, -0.15) is 0 Å². The third-order valence-electron chi connectivity index (χ3n) is 3.19. The molecule has 0 spiro atoms. The van der Waals surface area contributed by atoms with Gasteiger partial charge in [-0.1, -0.05) is 17.7 Å². The highest BCUT2D eigenvalue weighted by atomic mass is 19.1. The normalized spacial score (nSPS) is 11.9. The van der Waals surface area contributed by atoms with Crippen molar-refractivity contribution in [2.45, 2.75) is 26.9 Å². The molecule has 0 heterocycles. The Labute approximate surface area is 127 Å².